The summed E-state index contributed by atoms with van der Waals surface area (Å²) in [7, 11) is 0. The van der Waals surface area contributed by atoms with Crippen molar-refractivity contribution in [1.82, 2.24) is 15.0 Å². The first-order chi connectivity index (χ1) is 11.8. The molecule has 0 unspecified atom stereocenters. The number of benzene rings is 1. The van der Waals surface area contributed by atoms with Gasteiger partial charge in [-0.05, 0) is 36.6 Å². The van der Waals surface area contributed by atoms with Crippen molar-refractivity contribution in [2.24, 2.45) is 0 Å². The summed E-state index contributed by atoms with van der Waals surface area (Å²) in [4.78, 5) is 13.3. The highest BCUT2D eigenvalue weighted by Gasteiger charge is 2.27. The highest BCUT2D eigenvalue weighted by atomic mass is 35.5. The van der Waals surface area contributed by atoms with Gasteiger partial charge >= 0.3 is 0 Å². The Balaban J connectivity index is 1.50. The van der Waals surface area contributed by atoms with Crippen molar-refractivity contribution in [3.8, 4) is 11.3 Å². The van der Waals surface area contributed by atoms with Crippen molar-refractivity contribution < 1.29 is 0 Å². The molecule has 0 radical (unpaired) electrons. The summed E-state index contributed by atoms with van der Waals surface area (Å²) in [5.74, 6) is 2.11. The van der Waals surface area contributed by atoms with Gasteiger partial charge in [0.2, 0.25) is 0 Å². The fourth-order valence-corrected chi connectivity index (χ4v) is 2.81. The number of anilines is 1. The van der Waals surface area contributed by atoms with E-state index in [2.05, 4.69) is 38.5 Å². The third-order valence-electron chi connectivity index (χ3n) is 4.02. The number of halogens is 1. The molecule has 0 spiro atoms. The van der Waals surface area contributed by atoms with Crippen LogP contribution >= 0.6 is 11.6 Å². The zero-order chi connectivity index (χ0) is 16.4. The zero-order valence-corrected chi connectivity index (χ0v) is 13.9. The number of nitrogens with one attached hydrogen (secondary N) is 1. The van der Waals surface area contributed by atoms with Gasteiger partial charge in [0, 0.05) is 30.3 Å². The molecule has 4 rings (SSSR count). The molecule has 0 amide bonds. The van der Waals surface area contributed by atoms with E-state index in [1.54, 1.807) is 6.07 Å². The molecule has 0 aliphatic heterocycles. The van der Waals surface area contributed by atoms with Crippen molar-refractivity contribution in [3.63, 3.8) is 0 Å². The molecule has 3 aromatic rings. The molecule has 120 valence electrons. The molecule has 0 atom stereocenters. The highest BCUT2D eigenvalue weighted by Crippen LogP contribution is 2.38. The maximum absolute atomic E-state index is 6.11. The fraction of sp³-hybridized carbons (Fsp3) is 0.211. The predicted molar refractivity (Wildman–Crippen MR) is 96.0 cm³/mol. The van der Waals surface area contributed by atoms with Crippen LogP contribution in [0.5, 0.6) is 0 Å². The topological polar surface area (TPSA) is 50.7 Å². The predicted octanol–water partition coefficient (Wildman–Crippen LogP) is 4.68. The van der Waals surface area contributed by atoms with Crippen LogP contribution < -0.4 is 5.32 Å². The van der Waals surface area contributed by atoms with Gasteiger partial charge in [0.1, 0.15) is 16.8 Å². The molecule has 24 heavy (non-hydrogen) atoms. The van der Waals surface area contributed by atoms with Crippen LogP contribution in [-0.2, 0) is 6.54 Å². The van der Waals surface area contributed by atoms with Gasteiger partial charge in [0.15, 0.2) is 0 Å². The number of hydrogen-bond acceptors (Lipinski definition) is 4. The summed E-state index contributed by atoms with van der Waals surface area (Å²) in [6.45, 7) is 0.679. The Kier molecular flexibility index (Phi) is 4.13. The lowest BCUT2D eigenvalue weighted by Gasteiger charge is -2.09. The SMILES string of the molecule is Clc1cc(NCc2cccc(-c3ccccn3)c2)nc(C2CC2)n1. The first kappa shape index (κ1) is 15.1. The van der Waals surface area contributed by atoms with Crippen molar-refractivity contribution in [2.45, 2.75) is 25.3 Å². The Morgan fingerprint density at radius 2 is 1.96 bits per heavy atom. The Bertz CT molecular complexity index is 847. The van der Waals surface area contributed by atoms with Crippen LogP contribution in [0.2, 0.25) is 5.15 Å². The van der Waals surface area contributed by atoms with Crippen LogP contribution in [-0.4, -0.2) is 15.0 Å². The van der Waals surface area contributed by atoms with E-state index in [1.807, 2.05) is 30.5 Å². The van der Waals surface area contributed by atoms with E-state index in [-0.39, 0.29) is 0 Å². The van der Waals surface area contributed by atoms with Crippen LogP contribution in [0.25, 0.3) is 11.3 Å². The van der Waals surface area contributed by atoms with Gasteiger partial charge in [-0.2, -0.15) is 0 Å². The quantitative estimate of drug-likeness (QED) is 0.687. The monoisotopic (exact) mass is 336 g/mol. The van der Waals surface area contributed by atoms with Crippen LogP contribution in [0.15, 0.2) is 54.7 Å². The fourth-order valence-electron chi connectivity index (χ4n) is 2.62. The summed E-state index contributed by atoms with van der Waals surface area (Å²) in [5, 5.41) is 3.84. The third kappa shape index (κ3) is 3.54. The lowest BCUT2D eigenvalue weighted by Crippen LogP contribution is -2.04. The Morgan fingerprint density at radius 3 is 2.75 bits per heavy atom. The average Bonchev–Trinajstić information content (AvgIpc) is 3.46. The van der Waals surface area contributed by atoms with E-state index in [0.717, 1.165) is 35.7 Å². The van der Waals surface area contributed by atoms with Gasteiger partial charge in [-0.3, -0.25) is 4.98 Å². The van der Waals surface area contributed by atoms with Crippen LogP contribution in [0.4, 0.5) is 5.82 Å². The maximum Gasteiger partial charge on any atom is 0.135 e. The van der Waals surface area contributed by atoms with Gasteiger partial charge in [0.05, 0.1) is 5.69 Å². The Hall–Kier alpha value is -2.46. The summed E-state index contributed by atoms with van der Waals surface area (Å²) in [6, 6.07) is 16.0. The van der Waals surface area contributed by atoms with E-state index in [9.17, 15) is 0 Å². The summed E-state index contributed by atoms with van der Waals surface area (Å²) in [5.41, 5.74) is 3.25. The summed E-state index contributed by atoms with van der Waals surface area (Å²) >= 11 is 6.11. The van der Waals surface area contributed by atoms with Crippen LogP contribution in [0.3, 0.4) is 0 Å². The number of pyridine rings is 1. The number of hydrogen-bond donors (Lipinski definition) is 1. The first-order valence-corrected chi connectivity index (χ1v) is 8.44. The van der Waals surface area contributed by atoms with Crippen LogP contribution in [0, 0.1) is 0 Å². The third-order valence-corrected chi connectivity index (χ3v) is 4.21. The molecule has 1 aliphatic rings. The highest BCUT2D eigenvalue weighted by molar-refractivity contribution is 6.29. The minimum atomic E-state index is 0.483. The molecular weight excluding hydrogens is 320 g/mol. The number of nitrogens with zero attached hydrogens (tertiary/aromatic N) is 3. The minimum Gasteiger partial charge on any atom is -0.366 e. The second-order valence-corrected chi connectivity index (χ2v) is 6.36. The molecule has 1 aliphatic carbocycles. The lowest BCUT2D eigenvalue weighted by molar-refractivity contribution is 0.921. The Labute approximate surface area is 146 Å². The van der Waals surface area contributed by atoms with Gasteiger partial charge in [-0.1, -0.05) is 35.9 Å². The molecule has 1 aromatic carbocycles. The van der Waals surface area contributed by atoms with Gasteiger partial charge < -0.3 is 5.32 Å². The van der Waals surface area contributed by atoms with Crippen molar-refractivity contribution in [1.29, 1.82) is 0 Å². The molecular formula is C19H17ClN4. The van der Waals surface area contributed by atoms with E-state index in [4.69, 9.17) is 11.6 Å². The first-order valence-electron chi connectivity index (χ1n) is 8.06. The van der Waals surface area contributed by atoms with Gasteiger partial charge in [0.25, 0.3) is 0 Å². The van der Waals surface area contributed by atoms with E-state index >= 15 is 0 Å². The molecule has 2 aromatic heterocycles. The van der Waals surface area contributed by atoms with Crippen molar-refractivity contribution in [3.05, 3.63) is 71.3 Å². The molecule has 5 heteroatoms. The van der Waals surface area contributed by atoms with E-state index in [0.29, 0.717) is 17.6 Å². The molecule has 2 heterocycles. The molecule has 0 saturated heterocycles. The second kappa shape index (κ2) is 6.57. The Morgan fingerprint density at radius 1 is 1.04 bits per heavy atom. The van der Waals surface area contributed by atoms with Crippen molar-refractivity contribution in [2.75, 3.05) is 5.32 Å². The van der Waals surface area contributed by atoms with Crippen molar-refractivity contribution >= 4 is 17.4 Å². The molecule has 1 N–H and O–H groups in total. The zero-order valence-electron chi connectivity index (χ0n) is 13.1. The second-order valence-electron chi connectivity index (χ2n) is 5.98. The number of aromatic nitrogens is 3. The van der Waals surface area contributed by atoms with E-state index < -0.39 is 0 Å². The van der Waals surface area contributed by atoms with Gasteiger partial charge in [-0.25, -0.2) is 9.97 Å². The maximum atomic E-state index is 6.11. The normalized spacial score (nSPS) is 13.7. The van der Waals surface area contributed by atoms with E-state index in [1.165, 1.54) is 5.56 Å². The molecule has 1 fully saturated rings. The average molecular weight is 337 g/mol. The summed E-state index contributed by atoms with van der Waals surface area (Å²) in [6.07, 6.45) is 4.13. The number of rotatable bonds is 5. The smallest absolute Gasteiger partial charge is 0.135 e. The molecule has 0 bridgehead atoms. The molecule has 1 saturated carbocycles. The summed E-state index contributed by atoms with van der Waals surface area (Å²) < 4.78 is 0. The lowest BCUT2D eigenvalue weighted by atomic mass is 10.1. The standard InChI is InChI=1S/C19H17ClN4/c20-17-11-18(24-19(23-17)14-7-8-14)22-12-13-4-3-5-15(10-13)16-6-1-2-9-21-16/h1-6,9-11,14H,7-8,12H2,(H,22,23,24). The minimum absolute atomic E-state index is 0.483. The molecule has 4 nitrogen and oxygen atoms in total. The largest absolute Gasteiger partial charge is 0.366 e. The van der Waals surface area contributed by atoms with Gasteiger partial charge in [-0.15, -0.1) is 0 Å². The van der Waals surface area contributed by atoms with Crippen LogP contribution in [0.1, 0.15) is 30.1 Å².